The van der Waals surface area contributed by atoms with Gasteiger partial charge in [0, 0.05) is 5.57 Å². The maximum absolute atomic E-state index is 10.4. The Balaban J connectivity index is 2.55. The quantitative estimate of drug-likeness (QED) is 0.728. The van der Waals surface area contributed by atoms with E-state index >= 15 is 0 Å². The van der Waals surface area contributed by atoms with E-state index in [9.17, 15) is 4.79 Å². The molecule has 0 unspecified atom stereocenters. The normalized spacial score (nSPS) is 11.6. The molecule has 64 valence electrons. The molecule has 0 aromatic carbocycles. The van der Waals surface area contributed by atoms with Crippen LogP contribution in [-0.2, 0) is 11.2 Å². The van der Waals surface area contributed by atoms with Crippen LogP contribution in [0, 0.1) is 0 Å². The summed E-state index contributed by atoms with van der Waals surface area (Å²) in [6.07, 6.45) is 2.44. The number of aliphatic carboxylic acids is 1. The maximum Gasteiger partial charge on any atom is 0.330 e. The average molecular weight is 182 g/mol. The second kappa shape index (κ2) is 4.07. The number of carboxylic acid groups (broad SMARTS) is 1. The van der Waals surface area contributed by atoms with E-state index in [1.165, 1.54) is 5.56 Å². The minimum Gasteiger partial charge on any atom is -0.478 e. The molecule has 0 spiro atoms. The first kappa shape index (κ1) is 9.00. The zero-order chi connectivity index (χ0) is 8.97. The molecule has 0 fully saturated rings. The van der Waals surface area contributed by atoms with Crippen LogP contribution in [0.4, 0.5) is 0 Å². The number of hydrogen-bond acceptors (Lipinski definition) is 2. The zero-order valence-corrected chi connectivity index (χ0v) is 7.60. The lowest BCUT2D eigenvalue weighted by Crippen LogP contribution is -1.96. The Morgan fingerprint density at radius 3 is 3.00 bits per heavy atom. The fraction of sp³-hybridized carbons (Fsp3) is 0.222. The van der Waals surface area contributed by atoms with E-state index in [-0.39, 0.29) is 0 Å². The summed E-state index contributed by atoms with van der Waals surface area (Å²) in [5, 5.41) is 12.5. The Hall–Kier alpha value is -1.09. The van der Waals surface area contributed by atoms with Gasteiger partial charge in [-0.05, 0) is 35.7 Å². The van der Waals surface area contributed by atoms with Crippen molar-refractivity contribution in [3.63, 3.8) is 0 Å². The summed E-state index contributed by atoms with van der Waals surface area (Å²) in [5.74, 6) is -0.842. The highest BCUT2D eigenvalue weighted by molar-refractivity contribution is 7.07. The van der Waals surface area contributed by atoms with Crippen molar-refractivity contribution in [2.45, 2.75) is 13.3 Å². The van der Waals surface area contributed by atoms with Gasteiger partial charge in [0.2, 0.25) is 0 Å². The van der Waals surface area contributed by atoms with Gasteiger partial charge in [-0.15, -0.1) is 0 Å². The molecule has 12 heavy (non-hydrogen) atoms. The minimum atomic E-state index is -0.842. The Morgan fingerprint density at radius 1 is 1.75 bits per heavy atom. The van der Waals surface area contributed by atoms with E-state index in [4.69, 9.17) is 5.11 Å². The Morgan fingerprint density at radius 2 is 2.50 bits per heavy atom. The third-order valence-corrected chi connectivity index (χ3v) is 2.29. The molecule has 1 aromatic rings. The van der Waals surface area contributed by atoms with Crippen LogP contribution < -0.4 is 0 Å². The lowest BCUT2D eigenvalue weighted by molar-refractivity contribution is -0.132. The van der Waals surface area contributed by atoms with Gasteiger partial charge in [0.1, 0.15) is 0 Å². The highest BCUT2D eigenvalue weighted by atomic mass is 32.1. The molecular formula is C9H10O2S. The summed E-state index contributed by atoms with van der Waals surface area (Å²) in [6.45, 7) is 1.61. The van der Waals surface area contributed by atoms with Gasteiger partial charge in [-0.2, -0.15) is 11.3 Å². The van der Waals surface area contributed by atoms with E-state index in [0.717, 1.165) is 0 Å². The van der Waals surface area contributed by atoms with Gasteiger partial charge in [0.15, 0.2) is 0 Å². The molecule has 1 aromatic heterocycles. The van der Waals surface area contributed by atoms with Gasteiger partial charge >= 0.3 is 5.97 Å². The molecule has 0 radical (unpaired) electrons. The molecule has 1 heterocycles. The summed E-state index contributed by atoms with van der Waals surface area (Å²) in [7, 11) is 0. The van der Waals surface area contributed by atoms with Crippen LogP contribution in [-0.4, -0.2) is 11.1 Å². The molecule has 0 aliphatic heterocycles. The van der Waals surface area contributed by atoms with Gasteiger partial charge in [0.05, 0.1) is 0 Å². The number of allylic oxidation sites excluding steroid dienone is 1. The first-order valence-corrected chi connectivity index (χ1v) is 4.55. The van der Waals surface area contributed by atoms with Crippen LogP contribution in [0.2, 0.25) is 0 Å². The molecule has 2 nitrogen and oxygen atoms in total. The predicted molar refractivity (Wildman–Crippen MR) is 49.4 cm³/mol. The van der Waals surface area contributed by atoms with Gasteiger partial charge in [-0.3, -0.25) is 0 Å². The van der Waals surface area contributed by atoms with E-state index in [0.29, 0.717) is 12.0 Å². The van der Waals surface area contributed by atoms with Crippen LogP contribution in [0.25, 0.3) is 0 Å². The van der Waals surface area contributed by atoms with E-state index in [2.05, 4.69) is 0 Å². The van der Waals surface area contributed by atoms with Crippen LogP contribution in [0.15, 0.2) is 28.5 Å². The molecule has 1 rings (SSSR count). The van der Waals surface area contributed by atoms with Crippen LogP contribution in [0.5, 0.6) is 0 Å². The maximum atomic E-state index is 10.4. The molecule has 0 aliphatic carbocycles. The van der Waals surface area contributed by atoms with Gasteiger partial charge in [-0.25, -0.2) is 4.79 Å². The molecule has 1 N–H and O–H groups in total. The minimum absolute atomic E-state index is 0.404. The SMILES string of the molecule is CC(=CCc1ccsc1)C(=O)O. The average Bonchev–Trinajstić information content (AvgIpc) is 2.51. The Labute approximate surface area is 75.2 Å². The smallest absolute Gasteiger partial charge is 0.330 e. The van der Waals surface area contributed by atoms with Crippen molar-refractivity contribution in [3.8, 4) is 0 Å². The van der Waals surface area contributed by atoms with Crippen molar-refractivity contribution in [2.24, 2.45) is 0 Å². The second-order valence-corrected chi connectivity index (χ2v) is 3.31. The molecule has 0 bridgehead atoms. The summed E-state index contributed by atoms with van der Waals surface area (Å²) in [4.78, 5) is 10.4. The zero-order valence-electron chi connectivity index (χ0n) is 6.78. The summed E-state index contributed by atoms with van der Waals surface area (Å²) >= 11 is 1.62. The molecule has 0 atom stereocenters. The van der Waals surface area contributed by atoms with Crippen LogP contribution >= 0.6 is 11.3 Å². The van der Waals surface area contributed by atoms with E-state index < -0.39 is 5.97 Å². The molecule has 3 heteroatoms. The van der Waals surface area contributed by atoms with Crippen LogP contribution in [0.3, 0.4) is 0 Å². The predicted octanol–water partition coefficient (Wildman–Crippen LogP) is 2.32. The largest absolute Gasteiger partial charge is 0.478 e. The summed E-state index contributed by atoms with van der Waals surface area (Å²) < 4.78 is 0. The first-order valence-electron chi connectivity index (χ1n) is 3.61. The highest BCUT2D eigenvalue weighted by Crippen LogP contribution is 2.08. The number of carboxylic acids is 1. The van der Waals surface area contributed by atoms with E-state index in [1.54, 1.807) is 24.3 Å². The van der Waals surface area contributed by atoms with Crippen molar-refractivity contribution in [2.75, 3.05) is 0 Å². The Bertz CT molecular complexity index is 285. The van der Waals surface area contributed by atoms with Crippen molar-refractivity contribution in [3.05, 3.63) is 34.0 Å². The molecule has 0 amide bonds. The Kier molecular flexibility index (Phi) is 3.05. The van der Waals surface area contributed by atoms with Crippen molar-refractivity contribution in [1.82, 2.24) is 0 Å². The topological polar surface area (TPSA) is 37.3 Å². The van der Waals surface area contributed by atoms with Crippen molar-refractivity contribution < 1.29 is 9.90 Å². The summed E-state index contributed by atoms with van der Waals surface area (Å²) in [5.41, 5.74) is 1.57. The van der Waals surface area contributed by atoms with E-state index in [1.807, 2.05) is 16.8 Å². The highest BCUT2D eigenvalue weighted by Gasteiger charge is 1.98. The van der Waals surface area contributed by atoms with Crippen molar-refractivity contribution in [1.29, 1.82) is 0 Å². The van der Waals surface area contributed by atoms with Crippen LogP contribution in [0.1, 0.15) is 12.5 Å². The number of rotatable bonds is 3. The molecular weight excluding hydrogens is 172 g/mol. The third kappa shape index (κ3) is 2.51. The lowest BCUT2D eigenvalue weighted by atomic mass is 10.2. The lowest BCUT2D eigenvalue weighted by Gasteiger charge is -1.91. The first-order chi connectivity index (χ1) is 5.70. The second-order valence-electron chi connectivity index (χ2n) is 2.53. The fourth-order valence-corrected chi connectivity index (χ4v) is 1.45. The standard InChI is InChI=1S/C9H10O2S/c1-7(9(10)11)2-3-8-4-5-12-6-8/h2,4-6H,3H2,1H3,(H,10,11). The third-order valence-electron chi connectivity index (χ3n) is 1.56. The molecule has 0 saturated carbocycles. The van der Waals surface area contributed by atoms with Crippen molar-refractivity contribution >= 4 is 17.3 Å². The molecule has 0 saturated heterocycles. The number of carbonyl (C=O) groups is 1. The fourth-order valence-electron chi connectivity index (χ4n) is 0.767. The number of thiophene rings is 1. The molecule has 0 aliphatic rings. The van der Waals surface area contributed by atoms with Gasteiger partial charge in [0.25, 0.3) is 0 Å². The van der Waals surface area contributed by atoms with Gasteiger partial charge < -0.3 is 5.11 Å². The van der Waals surface area contributed by atoms with Gasteiger partial charge in [-0.1, -0.05) is 6.08 Å². The number of hydrogen-bond donors (Lipinski definition) is 1. The summed E-state index contributed by atoms with van der Waals surface area (Å²) in [6, 6.07) is 2.00. The monoisotopic (exact) mass is 182 g/mol.